The summed E-state index contributed by atoms with van der Waals surface area (Å²) < 4.78 is 97.2. The predicted molar refractivity (Wildman–Crippen MR) is 168 cm³/mol. The lowest BCUT2D eigenvalue weighted by atomic mass is 9.88. The third kappa shape index (κ3) is 8.22. The molecule has 2 fully saturated rings. The summed E-state index contributed by atoms with van der Waals surface area (Å²) in [6.07, 6.45) is -2.41. The monoisotopic (exact) mass is 694 g/mol. The summed E-state index contributed by atoms with van der Waals surface area (Å²) >= 11 is 0. The second-order valence-corrected chi connectivity index (χ2v) is 12.1. The minimum Gasteiger partial charge on any atom is -0.495 e. The molecule has 16 heteroatoms. The van der Waals surface area contributed by atoms with E-state index in [2.05, 4.69) is 32.8 Å². The molecule has 3 N–H and O–H groups in total. The van der Waals surface area contributed by atoms with Crippen LogP contribution >= 0.6 is 0 Å². The van der Waals surface area contributed by atoms with E-state index < -0.39 is 54.8 Å². The second kappa shape index (κ2) is 14.6. The molecule has 2 aliphatic heterocycles. The molecule has 264 valence electrons. The minimum atomic E-state index is -4.61. The van der Waals surface area contributed by atoms with Crippen LogP contribution in [0.1, 0.15) is 46.0 Å². The fourth-order valence-electron chi connectivity index (χ4n) is 6.30. The SMILES string of the molecule is CNC(=O)c1cc(OC)c(NCC#Cc2cc(C(=O)N[C@H]3[C@H](C)CN(C4CCOCC4)CC3(F)F)c3ncn(CC(F)(F)F)c3c2)cc1F. The number of ether oxygens (including phenoxy) is 2. The lowest BCUT2D eigenvalue weighted by molar-refractivity contribution is -0.140. The number of fused-ring (bicyclic) bond motifs is 1. The van der Waals surface area contributed by atoms with E-state index in [9.17, 15) is 27.2 Å². The Labute approximate surface area is 278 Å². The molecule has 0 bridgehead atoms. The molecule has 3 aromatic rings. The number of piperidine rings is 1. The normalized spacial score (nSPS) is 19.9. The first kappa shape index (κ1) is 35.8. The van der Waals surface area contributed by atoms with Gasteiger partial charge in [0, 0.05) is 44.5 Å². The number of imidazole rings is 1. The van der Waals surface area contributed by atoms with E-state index in [4.69, 9.17) is 9.47 Å². The van der Waals surface area contributed by atoms with Gasteiger partial charge in [-0.15, -0.1) is 0 Å². The number of carbonyl (C=O) groups is 2. The van der Waals surface area contributed by atoms with Crippen LogP contribution in [0.5, 0.6) is 5.75 Å². The summed E-state index contributed by atoms with van der Waals surface area (Å²) in [5.74, 6) is -0.638. The number of aromatic nitrogens is 2. The highest BCUT2D eigenvalue weighted by Crippen LogP contribution is 2.34. The summed E-state index contributed by atoms with van der Waals surface area (Å²) in [4.78, 5) is 31.3. The van der Waals surface area contributed by atoms with E-state index in [0.717, 1.165) is 17.0 Å². The Morgan fingerprint density at radius 1 is 1.12 bits per heavy atom. The third-order valence-electron chi connectivity index (χ3n) is 8.63. The molecule has 1 aromatic heterocycles. The molecule has 2 aromatic carbocycles. The highest BCUT2D eigenvalue weighted by Gasteiger charge is 2.50. The van der Waals surface area contributed by atoms with Crippen LogP contribution in [0.2, 0.25) is 0 Å². The molecule has 0 unspecified atom stereocenters. The Hall–Kier alpha value is -4.49. The van der Waals surface area contributed by atoms with Crippen molar-refractivity contribution in [2.75, 3.05) is 52.3 Å². The van der Waals surface area contributed by atoms with Gasteiger partial charge in [-0.2, -0.15) is 13.2 Å². The molecule has 3 heterocycles. The van der Waals surface area contributed by atoms with Crippen molar-refractivity contribution in [2.45, 2.75) is 50.5 Å². The number of likely N-dealkylation sites (tertiary alicyclic amines) is 1. The van der Waals surface area contributed by atoms with Crippen LogP contribution in [0.25, 0.3) is 11.0 Å². The summed E-state index contributed by atoms with van der Waals surface area (Å²) in [7, 11) is 2.68. The minimum absolute atomic E-state index is 0.0530. The molecule has 0 aliphatic carbocycles. The molecule has 2 atom stereocenters. The molecule has 2 saturated heterocycles. The number of nitrogens with one attached hydrogen (secondary N) is 3. The van der Waals surface area contributed by atoms with Gasteiger partial charge in [-0.3, -0.25) is 14.5 Å². The zero-order valence-corrected chi connectivity index (χ0v) is 27.0. The summed E-state index contributed by atoms with van der Waals surface area (Å²) in [5.41, 5.74) is -0.312. The molecule has 0 spiro atoms. The van der Waals surface area contributed by atoms with Crippen molar-refractivity contribution in [3.63, 3.8) is 0 Å². The molecule has 0 radical (unpaired) electrons. The smallest absolute Gasteiger partial charge is 0.406 e. The van der Waals surface area contributed by atoms with Crippen LogP contribution in [0.15, 0.2) is 30.6 Å². The highest BCUT2D eigenvalue weighted by molar-refractivity contribution is 6.05. The van der Waals surface area contributed by atoms with Crippen LogP contribution in [0.3, 0.4) is 0 Å². The summed E-state index contributed by atoms with van der Waals surface area (Å²) in [6, 6.07) is 3.28. The van der Waals surface area contributed by atoms with Gasteiger partial charge in [0.2, 0.25) is 0 Å². The number of alkyl halides is 5. The maximum Gasteiger partial charge on any atom is 0.406 e. The number of methoxy groups -OCH3 is 1. The van der Waals surface area contributed by atoms with Gasteiger partial charge in [0.25, 0.3) is 17.7 Å². The fraction of sp³-hybridized carbons (Fsp3) is 0.485. The average molecular weight is 695 g/mol. The zero-order chi connectivity index (χ0) is 35.5. The van der Waals surface area contributed by atoms with Crippen LogP contribution in [0, 0.1) is 23.6 Å². The summed E-state index contributed by atoms with van der Waals surface area (Å²) in [6.45, 7) is 0.873. The van der Waals surface area contributed by atoms with Gasteiger partial charge >= 0.3 is 6.18 Å². The number of nitrogens with zero attached hydrogens (tertiary/aromatic N) is 3. The van der Waals surface area contributed by atoms with Crippen LogP contribution in [0.4, 0.5) is 32.0 Å². The Morgan fingerprint density at radius 2 is 1.86 bits per heavy atom. The predicted octanol–water partition coefficient (Wildman–Crippen LogP) is 4.43. The van der Waals surface area contributed by atoms with Crippen molar-refractivity contribution in [3.05, 3.63) is 53.1 Å². The maximum atomic E-state index is 15.6. The first-order valence-corrected chi connectivity index (χ1v) is 15.6. The summed E-state index contributed by atoms with van der Waals surface area (Å²) in [5, 5.41) is 7.63. The number of anilines is 1. The molecule has 10 nitrogen and oxygen atoms in total. The Morgan fingerprint density at radius 3 is 2.51 bits per heavy atom. The lowest BCUT2D eigenvalue weighted by Crippen LogP contribution is -2.64. The molecule has 5 rings (SSSR count). The number of hydrogen-bond acceptors (Lipinski definition) is 7. The van der Waals surface area contributed by atoms with Crippen LogP contribution in [-0.2, 0) is 11.3 Å². The second-order valence-electron chi connectivity index (χ2n) is 12.1. The lowest BCUT2D eigenvalue weighted by Gasteiger charge is -2.46. The Bertz CT molecular complexity index is 1760. The van der Waals surface area contributed by atoms with Crippen LogP contribution < -0.4 is 20.7 Å². The zero-order valence-electron chi connectivity index (χ0n) is 27.0. The molecular formula is C33H36F6N6O4. The average Bonchev–Trinajstić information content (AvgIpc) is 3.45. The number of hydrogen-bond donors (Lipinski definition) is 3. The van der Waals surface area contributed by atoms with Crippen molar-refractivity contribution < 1.29 is 45.4 Å². The highest BCUT2D eigenvalue weighted by atomic mass is 19.4. The van der Waals surface area contributed by atoms with Crippen molar-refractivity contribution in [1.29, 1.82) is 0 Å². The number of carbonyl (C=O) groups excluding carboxylic acids is 2. The molecule has 2 amide bonds. The van der Waals surface area contributed by atoms with Crippen molar-refractivity contribution >= 4 is 28.5 Å². The van der Waals surface area contributed by atoms with E-state index in [-0.39, 0.29) is 51.7 Å². The molecule has 0 saturated carbocycles. The van der Waals surface area contributed by atoms with Gasteiger partial charge < -0.3 is 30.0 Å². The van der Waals surface area contributed by atoms with Crippen molar-refractivity contribution in [1.82, 2.24) is 25.1 Å². The number of halogens is 6. The van der Waals surface area contributed by atoms with Gasteiger partial charge in [-0.25, -0.2) is 18.2 Å². The quantitative estimate of drug-likeness (QED) is 0.237. The largest absolute Gasteiger partial charge is 0.495 e. The third-order valence-corrected chi connectivity index (χ3v) is 8.63. The molecule has 49 heavy (non-hydrogen) atoms. The Kier molecular flexibility index (Phi) is 10.6. The van der Waals surface area contributed by atoms with E-state index in [1.165, 1.54) is 32.4 Å². The molecular weight excluding hydrogens is 658 g/mol. The van der Waals surface area contributed by atoms with Crippen LogP contribution in [-0.4, -0.2) is 97.5 Å². The topological polar surface area (TPSA) is 110 Å². The van der Waals surface area contributed by atoms with Gasteiger partial charge in [0.15, 0.2) is 0 Å². The van der Waals surface area contributed by atoms with Gasteiger partial charge in [-0.05, 0) is 37.0 Å². The van der Waals surface area contributed by atoms with Gasteiger partial charge in [0.1, 0.15) is 23.6 Å². The van der Waals surface area contributed by atoms with Crippen molar-refractivity contribution in [3.8, 4) is 17.6 Å². The van der Waals surface area contributed by atoms with Gasteiger partial charge in [-0.1, -0.05) is 18.8 Å². The number of amides is 2. The molecule has 2 aliphatic rings. The van der Waals surface area contributed by atoms with E-state index in [1.807, 2.05) is 0 Å². The first-order chi connectivity index (χ1) is 23.2. The fourth-order valence-corrected chi connectivity index (χ4v) is 6.30. The number of benzene rings is 2. The maximum absolute atomic E-state index is 15.6. The Balaban J connectivity index is 1.40. The van der Waals surface area contributed by atoms with E-state index >= 15 is 8.78 Å². The van der Waals surface area contributed by atoms with Gasteiger partial charge in [0.05, 0.1) is 54.9 Å². The van der Waals surface area contributed by atoms with E-state index in [1.54, 1.807) is 11.8 Å². The standard InChI is InChI=1S/C33H36F6N6O4/c1-19-15-44(21-6-9-49-10-7-21)16-32(35,36)29(19)43-31(47)23-11-20(12-26-28(23)42-18-45(26)17-33(37,38)39)5-4-8-41-25-14-24(34)22(30(46)40-2)13-27(25)48-3/h11-14,18-19,21,29,41H,6-10,15-17H2,1-3H3,(H,40,46)(H,43,47)/t19-,29+/m1/s1. The number of rotatable bonds is 8. The van der Waals surface area contributed by atoms with E-state index in [0.29, 0.717) is 32.6 Å². The van der Waals surface area contributed by atoms with Crippen molar-refractivity contribution in [2.24, 2.45) is 5.92 Å². The first-order valence-electron chi connectivity index (χ1n) is 15.6.